The quantitative estimate of drug-likeness (QED) is 0.330. The van der Waals surface area contributed by atoms with Gasteiger partial charge in [-0.05, 0) is 13.0 Å². The second kappa shape index (κ2) is 2.35. The zero-order valence-corrected chi connectivity index (χ0v) is 5.13. The van der Waals surface area contributed by atoms with Crippen molar-refractivity contribution in [1.29, 1.82) is 0 Å². The van der Waals surface area contributed by atoms with E-state index >= 15 is 0 Å². The molecule has 1 heterocycles. The fraction of sp³-hybridized carbons (Fsp3) is 0.167. The van der Waals surface area contributed by atoms with E-state index in [0.717, 1.165) is 5.56 Å². The Kier molecular flexibility index (Phi) is 1.53. The molecule has 2 N–H and O–H groups in total. The molecule has 0 atom stereocenters. The number of hydrogen-bond acceptors (Lipinski definition) is 2. The van der Waals surface area contributed by atoms with E-state index in [2.05, 4.69) is 10.1 Å². The molecule has 0 radical (unpaired) electrons. The van der Waals surface area contributed by atoms with E-state index in [1.807, 2.05) is 6.07 Å². The highest BCUT2D eigenvalue weighted by Crippen LogP contribution is 1.97. The molecule has 0 aliphatic heterocycles. The first-order chi connectivity index (χ1) is 4.34. The van der Waals surface area contributed by atoms with Crippen molar-refractivity contribution in [1.82, 2.24) is 4.98 Å². The van der Waals surface area contributed by atoms with Crippen LogP contribution in [0.5, 0.6) is 0 Å². The Labute approximate surface area is 53.0 Å². The standard InChI is InChI=1S/C6H8N2O/c1-5(8-9)6-2-3-7-4-6/h2-4,7,9H,1H3/b8-5-. The third-order valence-electron chi connectivity index (χ3n) is 1.17. The van der Waals surface area contributed by atoms with Gasteiger partial charge in [-0.3, -0.25) is 0 Å². The molecule has 1 aromatic rings. The molecule has 0 fully saturated rings. The van der Waals surface area contributed by atoms with Crippen LogP contribution < -0.4 is 0 Å². The van der Waals surface area contributed by atoms with Gasteiger partial charge in [0.15, 0.2) is 0 Å². The maximum absolute atomic E-state index is 8.28. The third kappa shape index (κ3) is 1.10. The number of aromatic nitrogens is 1. The molecule has 3 nitrogen and oxygen atoms in total. The molecule has 0 aromatic carbocycles. The fourth-order valence-corrected chi connectivity index (χ4v) is 0.607. The number of nitrogens with zero attached hydrogens (tertiary/aromatic N) is 1. The topological polar surface area (TPSA) is 48.4 Å². The highest BCUT2D eigenvalue weighted by atomic mass is 16.4. The van der Waals surface area contributed by atoms with Crippen molar-refractivity contribution in [2.24, 2.45) is 5.16 Å². The number of oxime groups is 1. The van der Waals surface area contributed by atoms with Crippen LogP contribution in [0.3, 0.4) is 0 Å². The van der Waals surface area contributed by atoms with Gasteiger partial charge in [0.2, 0.25) is 0 Å². The maximum atomic E-state index is 8.28. The van der Waals surface area contributed by atoms with Gasteiger partial charge in [0.05, 0.1) is 5.71 Å². The van der Waals surface area contributed by atoms with E-state index in [4.69, 9.17) is 5.21 Å². The molecule has 0 aliphatic carbocycles. The van der Waals surface area contributed by atoms with Gasteiger partial charge >= 0.3 is 0 Å². The number of hydrogen-bond donors (Lipinski definition) is 2. The molecule has 9 heavy (non-hydrogen) atoms. The second-order valence-corrected chi connectivity index (χ2v) is 1.79. The zero-order chi connectivity index (χ0) is 6.69. The average molecular weight is 124 g/mol. The van der Waals surface area contributed by atoms with Crippen molar-refractivity contribution in [3.8, 4) is 0 Å². The average Bonchev–Trinajstić information content (AvgIpc) is 2.37. The zero-order valence-electron chi connectivity index (χ0n) is 5.13. The summed E-state index contributed by atoms with van der Waals surface area (Å²) in [5, 5.41) is 11.3. The summed E-state index contributed by atoms with van der Waals surface area (Å²) >= 11 is 0. The first-order valence-corrected chi connectivity index (χ1v) is 2.66. The Morgan fingerprint density at radius 3 is 3.00 bits per heavy atom. The molecule has 3 heteroatoms. The molecule has 48 valence electrons. The number of nitrogens with one attached hydrogen (secondary N) is 1. The van der Waals surface area contributed by atoms with Gasteiger partial charge in [-0.2, -0.15) is 0 Å². The first-order valence-electron chi connectivity index (χ1n) is 2.66. The molecular weight excluding hydrogens is 116 g/mol. The van der Waals surface area contributed by atoms with Gasteiger partial charge in [-0.15, -0.1) is 0 Å². The van der Waals surface area contributed by atoms with E-state index in [1.165, 1.54) is 0 Å². The van der Waals surface area contributed by atoms with E-state index in [-0.39, 0.29) is 0 Å². The third-order valence-corrected chi connectivity index (χ3v) is 1.17. The summed E-state index contributed by atoms with van der Waals surface area (Å²) in [5.74, 6) is 0. The highest BCUT2D eigenvalue weighted by molar-refractivity contribution is 5.97. The van der Waals surface area contributed by atoms with E-state index in [9.17, 15) is 0 Å². The summed E-state index contributed by atoms with van der Waals surface area (Å²) in [6.45, 7) is 1.74. The molecule has 0 unspecified atom stereocenters. The summed E-state index contributed by atoms with van der Waals surface area (Å²) in [6.07, 6.45) is 3.55. The Balaban J connectivity index is 2.90. The monoisotopic (exact) mass is 124 g/mol. The molecular formula is C6H8N2O. The fourth-order valence-electron chi connectivity index (χ4n) is 0.607. The smallest absolute Gasteiger partial charge is 0.0852 e. The van der Waals surface area contributed by atoms with Crippen molar-refractivity contribution in [3.05, 3.63) is 24.0 Å². The molecule has 1 aromatic heterocycles. The largest absolute Gasteiger partial charge is 0.411 e. The van der Waals surface area contributed by atoms with Crippen molar-refractivity contribution in [3.63, 3.8) is 0 Å². The van der Waals surface area contributed by atoms with E-state index in [1.54, 1.807) is 19.3 Å². The SMILES string of the molecule is C/C(=N/O)c1cc[nH]c1. The lowest BCUT2D eigenvalue weighted by molar-refractivity contribution is 0.319. The summed E-state index contributed by atoms with van der Waals surface area (Å²) < 4.78 is 0. The minimum absolute atomic E-state index is 0.622. The van der Waals surface area contributed by atoms with Gasteiger partial charge in [0, 0.05) is 18.0 Å². The van der Waals surface area contributed by atoms with Gasteiger partial charge in [0.25, 0.3) is 0 Å². The molecule has 0 saturated carbocycles. The summed E-state index contributed by atoms with van der Waals surface area (Å²) in [6, 6.07) is 1.84. The summed E-state index contributed by atoms with van der Waals surface area (Å²) in [5.41, 5.74) is 1.54. The Bertz CT molecular complexity index is 201. The highest BCUT2D eigenvalue weighted by Gasteiger charge is 1.94. The van der Waals surface area contributed by atoms with Crippen molar-refractivity contribution < 1.29 is 5.21 Å². The second-order valence-electron chi connectivity index (χ2n) is 1.79. The summed E-state index contributed by atoms with van der Waals surface area (Å²) in [4.78, 5) is 2.85. The van der Waals surface area contributed by atoms with Crippen LogP contribution in [0.4, 0.5) is 0 Å². The van der Waals surface area contributed by atoms with E-state index in [0.29, 0.717) is 5.71 Å². The van der Waals surface area contributed by atoms with Crippen LogP contribution in [0.1, 0.15) is 12.5 Å². The maximum Gasteiger partial charge on any atom is 0.0852 e. The van der Waals surface area contributed by atoms with Gasteiger partial charge in [-0.1, -0.05) is 5.16 Å². The van der Waals surface area contributed by atoms with E-state index < -0.39 is 0 Å². The minimum atomic E-state index is 0.622. The first kappa shape index (κ1) is 5.88. The van der Waals surface area contributed by atoms with Crippen LogP contribution in [0, 0.1) is 0 Å². The predicted molar refractivity (Wildman–Crippen MR) is 34.8 cm³/mol. The van der Waals surface area contributed by atoms with Crippen LogP contribution in [-0.2, 0) is 0 Å². The van der Waals surface area contributed by atoms with Crippen LogP contribution >= 0.6 is 0 Å². The molecule has 0 aliphatic rings. The van der Waals surface area contributed by atoms with Crippen LogP contribution in [0.2, 0.25) is 0 Å². The normalized spacial score (nSPS) is 11.9. The van der Waals surface area contributed by atoms with Crippen LogP contribution in [0.15, 0.2) is 23.6 Å². The van der Waals surface area contributed by atoms with Crippen LogP contribution in [-0.4, -0.2) is 15.9 Å². The lowest BCUT2D eigenvalue weighted by Gasteiger charge is -1.87. The molecule has 0 amide bonds. The van der Waals surface area contributed by atoms with Crippen molar-refractivity contribution >= 4 is 5.71 Å². The molecule has 0 spiro atoms. The lowest BCUT2D eigenvalue weighted by Crippen LogP contribution is -1.89. The number of H-pyrrole nitrogens is 1. The Morgan fingerprint density at radius 2 is 2.56 bits per heavy atom. The van der Waals surface area contributed by atoms with Crippen molar-refractivity contribution in [2.75, 3.05) is 0 Å². The number of aromatic amines is 1. The molecule has 0 saturated heterocycles. The Morgan fingerprint density at radius 1 is 1.78 bits per heavy atom. The van der Waals surface area contributed by atoms with Crippen LogP contribution in [0.25, 0.3) is 0 Å². The Hall–Kier alpha value is -1.25. The van der Waals surface area contributed by atoms with Gasteiger partial charge in [0.1, 0.15) is 0 Å². The minimum Gasteiger partial charge on any atom is -0.411 e. The summed E-state index contributed by atoms with van der Waals surface area (Å²) in [7, 11) is 0. The van der Waals surface area contributed by atoms with Crippen molar-refractivity contribution in [2.45, 2.75) is 6.92 Å². The lowest BCUT2D eigenvalue weighted by atomic mass is 10.2. The van der Waals surface area contributed by atoms with Gasteiger partial charge < -0.3 is 10.2 Å². The van der Waals surface area contributed by atoms with Gasteiger partial charge in [-0.25, -0.2) is 0 Å². The number of rotatable bonds is 1. The molecule has 0 bridgehead atoms. The predicted octanol–water partition coefficient (Wildman–Crippen LogP) is 1.21. The molecule has 1 rings (SSSR count).